The Morgan fingerprint density at radius 1 is 0.574 bits per heavy atom. The smallest absolute Gasteiger partial charge is 0.411 e. The molecular weight excluding hydrogens is 933 g/mol. The van der Waals surface area contributed by atoms with E-state index in [-0.39, 0.29) is 18.3 Å². The van der Waals surface area contributed by atoms with Gasteiger partial charge in [-0.05, 0) is 69.9 Å². The standard InChI is InChI=1S/C17H22ClN3O3.C15H21N3O.C14H19N3O.C3H4Cl2O2/c1-13(18)24-17(22)20(2)11-12-23-16(14-7-5-4-6-8-14)15-9-10-19-21(15)3;1-17(2)11-12-19-15(13-7-5-4-6-8-13)14-9-10-16-18(14)3;1-15-10-11-18-14(12-6-4-3-5-7-12)13-8-9-16-17(13)2;1-2(4)7-3(5)6/h4-10,13,16H,11-12H2,1-3H3;4-10,15H,11-12H2,1-3H3;3-9,14-15H,10-11H2,1-2H3;2H,1H3/t13?,16-;15-;14-;/m000./s1. The van der Waals surface area contributed by atoms with E-state index in [0.29, 0.717) is 26.4 Å². The fourth-order valence-corrected chi connectivity index (χ4v) is 6.59. The zero-order chi connectivity index (χ0) is 49.8. The number of aromatic nitrogens is 6. The molecule has 3 heterocycles. The molecule has 0 spiro atoms. The number of halogens is 3. The minimum Gasteiger partial charge on any atom is -0.434 e. The molecule has 68 heavy (non-hydrogen) atoms. The minimum absolute atomic E-state index is 0.0614. The lowest BCUT2D eigenvalue weighted by molar-refractivity contribution is 0.0510. The maximum atomic E-state index is 11.7. The molecule has 0 radical (unpaired) electrons. The number of carbonyl (C=O) groups excluding carboxylic acids is 2. The van der Waals surface area contributed by atoms with Crippen LogP contribution < -0.4 is 5.32 Å². The predicted octanol–water partition coefficient (Wildman–Crippen LogP) is 8.96. The van der Waals surface area contributed by atoms with Gasteiger partial charge in [0.2, 0.25) is 0 Å². The van der Waals surface area contributed by atoms with E-state index in [9.17, 15) is 9.59 Å². The molecule has 0 saturated heterocycles. The molecule has 5 atom stereocenters. The topological polar surface area (TPSA) is 152 Å². The number of amides is 1. The molecule has 370 valence electrons. The van der Waals surface area contributed by atoms with Crippen molar-refractivity contribution in [3.63, 3.8) is 0 Å². The van der Waals surface area contributed by atoms with Crippen LogP contribution in [0, 0.1) is 0 Å². The van der Waals surface area contributed by atoms with Crippen LogP contribution in [0.15, 0.2) is 128 Å². The van der Waals surface area contributed by atoms with Gasteiger partial charge in [-0.2, -0.15) is 15.3 Å². The summed E-state index contributed by atoms with van der Waals surface area (Å²) in [5.74, 6) is 0. The number of rotatable bonds is 20. The second-order valence-corrected chi connectivity index (χ2v) is 16.8. The summed E-state index contributed by atoms with van der Waals surface area (Å²) in [5, 5.41) is 15.7. The number of nitrogens with one attached hydrogen (secondary N) is 1. The van der Waals surface area contributed by atoms with Crippen LogP contribution in [0.25, 0.3) is 0 Å². The van der Waals surface area contributed by atoms with Crippen molar-refractivity contribution in [2.24, 2.45) is 21.1 Å². The molecule has 0 aliphatic heterocycles. The summed E-state index contributed by atoms with van der Waals surface area (Å²) in [4.78, 5) is 25.0. The summed E-state index contributed by atoms with van der Waals surface area (Å²) in [6, 6.07) is 36.3. The summed E-state index contributed by atoms with van der Waals surface area (Å²) >= 11 is 15.5. The Morgan fingerprint density at radius 3 is 1.21 bits per heavy atom. The lowest BCUT2D eigenvalue weighted by atomic mass is 10.1. The normalized spacial score (nSPS) is 13.0. The van der Waals surface area contributed by atoms with Gasteiger partial charge in [-0.15, -0.1) is 0 Å². The molecule has 16 nitrogen and oxygen atoms in total. The third-order valence-electron chi connectivity index (χ3n) is 9.69. The Bertz CT molecular complexity index is 2260. The number of benzene rings is 3. The van der Waals surface area contributed by atoms with Crippen LogP contribution in [-0.4, -0.2) is 129 Å². The Morgan fingerprint density at radius 2 is 0.926 bits per heavy atom. The molecule has 1 amide bonds. The van der Waals surface area contributed by atoms with Crippen molar-refractivity contribution in [1.29, 1.82) is 0 Å². The third-order valence-corrected chi connectivity index (χ3v) is 9.96. The van der Waals surface area contributed by atoms with E-state index < -0.39 is 22.6 Å². The van der Waals surface area contributed by atoms with Gasteiger partial charge in [0.25, 0.3) is 0 Å². The number of carbonyl (C=O) groups is 2. The van der Waals surface area contributed by atoms with Crippen LogP contribution in [0.4, 0.5) is 9.59 Å². The van der Waals surface area contributed by atoms with Gasteiger partial charge in [-0.1, -0.05) is 114 Å². The van der Waals surface area contributed by atoms with Gasteiger partial charge < -0.3 is 38.8 Å². The maximum Gasteiger partial charge on any atom is 0.411 e. The van der Waals surface area contributed by atoms with Crippen LogP contribution in [0.1, 0.15) is 65.9 Å². The van der Waals surface area contributed by atoms with Gasteiger partial charge in [0, 0.05) is 78.0 Å². The van der Waals surface area contributed by atoms with Crippen molar-refractivity contribution in [2.75, 3.05) is 67.6 Å². The highest BCUT2D eigenvalue weighted by atomic mass is 35.5. The van der Waals surface area contributed by atoms with Gasteiger partial charge in [0.05, 0.1) is 36.9 Å². The molecule has 0 aliphatic carbocycles. The summed E-state index contributed by atoms with van der Waals surface area (Å²) in [6.45, 7) is 6.94. The van der Waals surface area contributed by atoms with Crippen molar-refractivity contribution in [1.82, 2.24) is 44.5 Å². The maximum absolute atomic E-state index is 11.7. The fraction of sp³-hybridized carbons (Fsp3) is 0.408. The Kier molecular flexibility index (Phi) is 26.6. The molecule has 1 N–H and O–H groups in total. The SMILES string of the molecule is CC(Cl)OC(=O)Cl.CC(Cl)OC(=O)N(C)CCO[C@@H](c1ccccc1)c1ccnn1C.CN(C)CCO[C@@H](c1ccccc1)c1ccnn1C.CNCCO[C@@H](c1ccccc1)c1ccnn1C. The Labute approximate surface area is 415 Å². The first kappa shape index (κ1) is 57.0. The van der Waals surface area contributed by atoms with Crippen LogP contribution in [-0.2, 0) is 44.8 Å². The third kappa shape index (κ3) is 20.9. The lowest BCUT2D eigenvalue weighted by Gasteiger charge is -2.22. The highest BCUT2D eigenvalue weighted by Gasteiger charge is 2.21. The van der Waals surface area contributed by atoms with Crippen molar-refractivity contribution in [3.05, 3.63) is 162 Å². The summed E-state index contributed by atoms with van der Waals surface area (Å²) in [7, 11) is 13.4. The molecule has 6 aromatic rings. The first-order chi connectivity index (χ1) is 32.6. The molecule has 0 aliphatic rings. The van der Waals surface area contributed by atoms with E-state index in [0.717, 1.165) is 46.9 Å². The van der Waals surface area contributed by atoms with Gasteiger partial charge >= 0.3 is 11.5 Å². The van der Waals surface area contributed by atoms with Crippen LogP contribution >= 0.6 is 34.8 Å². The molecule has 19 heteroatoms. The molecule has 0 fully saturated rings. The molecular formula is C49H66Cl3N9O7. The summed E-state index contributed by atoms with van der Waals surface area (Å²) < 4.78 is 32.6. The average Bonchev–Trinajstić information content (AvgIpc) is 4.07. The average molecular weight is 999 g/mol. The zero-order valence-corrected chi connectivity index (χ0v) is 42.6. The van der Waals surface area contributed by atoms with E-state index in [1.165, 1.54) is 11.8 Å². The van der Waals surface area contributed by atoms with E-state index in [2.05, 4.69) is 54.5 Å². The first-order valence-electron chi connectivity index (χ1n) is 21.9. The highest BCUT2D eigenvalue weighted by molar-refractivity contribution is 6.61. The minimum atomic E-state index is -0.873. The number of likely N-dealkylation sites (N-methyl/N-ethyl adjacent to an activating group) is 3. The molecule has 3 aromatic carbocycles. The number of nitrogens with zero attached hydrogens (tertiary/aromatic N) is 8. The van der Waals surface area contributed by atoms with Crippen LogP contribution in [0.5, 0.6) is 0 Å². The van der Waals surface area contributed by atoms with Crippen molar-refractivity contribution in [3.8, 4) is 0 Å². The molecule has 2 unspecified atom stereocenters. The second-order valence-electron chi connectivity index (χ2n) is 15.3. The predicted molar refractivity (Wildman–Crippen MR) is 267 cm³/mol. The van der Waals surface area contributed by atoms with Gasteiger partial charge in [-0.25, -0.2) is 9.59 Å². The molecule has 0 bridgehead atoms. The summed E-state index contributed by atoms with van der Waals surface area (Å²) in [5.41, 5.74) is 4.26. The van der Waals surface area contributed by atoms with E-state index in [4.69, 9.17) is 53.8 Å². The largest absolute Gasteiger partial charge is 0.434 e. The van der Waals surface area contributed by atoms with E-state index in [1.807, 2.05) is 137 Å². The molecule has 6 rings (SSSR count). The summed E-state index contributed by atoms with van der Waals surface area (Å²) in [6.07, 6.45) is 4.49. The first-order valence-corrected chi connectivity index (χ1v) is 23.2. The van der Waals surface area contributed by atoms with Crippen molar-refractivity contribution >= 4 is 46.3 Å². The number of aryl methyl sites for hydroxylation is 3. The molecule has 0 saturated carbocycles. The van der Waals surface area contributed by atoms with Crippen molar-refractivity contribution < 1.29 is 33.3 Å². The fourth-order valence-electron chi connectivity index (χ4n) is 6.25. The quantitative estimate of drug-likeness (QED) is 0.0442. The number of hydrogen-bond donors (Lipinski definition) is 1. The second kappa shape index (κ2) is 31.7. The number of hydrogen-bond acceptors (Lipinski definition) is 12. The molecule has 3 aromatic heterocycles. The van der Waals surface area contributed by atoms with Crippen LogP contribution in [0.2, 0.25) is 0 Å². The monoisotopic (exact) mass is 997 g/mol. The van der Waals surface area contributed by atoms with Gasteiger partial charge in [0.1, 0.15) is 18.3 Å². The van der Waals surface area contributed by atoms with Crippen LogP contribution in [0.3, 0.4) is 0 Å². The van der Waals surface area contributed by atoms with Gasteiger partial charge in [0.15, 0.2) is 11.1 Å². The zero-order valence-electron chi connectivity index (χ0n) is 40.3. The number of alkyl halides is 2. The van der Waals surface area contributed by atoms with E-state index in [1.54, 1.807) is 37.2 Å². The lowest BCUT2D eigenvalue weighted by Crippen LogP contribution is -2.32. The Balaban J connectivity index is 0.000000255. The van der Waals surface area contributed by atoms with Gasteiger partial charge in [-0.3, -0.25) is 14.0 Å². The highest BCUT2D eigenvalue weighted by Crippen LogP contribution is 2.27. The van der Waals surface area contributed by atoms with E-state index >= 15 is 0 Å². The van der Waals surface area contributed by atoms with Crippen molar-refractivity contribution in [2.45, 2.75) is 43.3 Å². The number of ether oxygens (including phenoxy) is 5. The Hall–Kier alpha value is -5.30.